The summed E-state index contributed by atoms with van der Waals surface area (Å²) in [5, 5.41) is 25.0. The number of benzene rings is 1. The van der Waals surface area contributed by atoms with Gasteiger partial charge in [-0.05, 0) is 40.2 Å². The zero-order valence-corrected chi connectivity index (χ0v) is 26.0. The molecule has 240 valence electrons. The summed E-state index contributed by atoms with van der Waals surface area (Å²) < 4.78 is 4.50. The third kappa shape index (κ3) is 12.2. The lowest BCUT2D eigenvalue weighted by Crippen LogP contribution is -2.68. The van der Waals surface area contributed by atoms with Crippen LogP contribution in [0.3, 0.4) is 0 Å². The van der Waals surface area contributed by atoms with Crippen LogP contribution < -0.4 is 27.4 Å². The molecule has 0 saturated carbocycles. The van der Waals surface area contributed by atoms with Gasteiger partial charge in [-0.3, -0.25) is 24.0 Å². The van der Waals surface area contributed by atoms with Crippen molar-refractivity contribution in [3.05, 3.63) is 35.9 Å². The Labute approximate surface area is 255 Å². The van der Waals surface area contributed by atoms with Crippen molar-refractivity contribution in [3.63, 3.8) is 0 Å². The van der Waals surface area contributed by atoms with Crippen LogP contribution in [0.25, 0.3) is 0 Å². The number of carboxylic acid groups (broad SMARTS) is 2. The fourth-order valence-corrected chi connectivity index (χ4v) is 6.71. The lowest BCUT2D eigenvalue weighted by atomic mass is 9.89. The first-order valence-corrected chi connectivity index (χ1v) is 14.3. The largest absolute Gasteiger partial charge is 0.481 e. The molecule has 0 aliphatic carbocycles. The second-order valence-corrected chi connectivity index (χ2v) is 13.5. The maximum atomic E-state index is 12.2. The van der Waals surface area contributed by atoms with Gasteiger partial charge in [-0.25, -0.2) is 4.79 Å². The number of aliphatic carboxylic acids is 2. The fourth-order valence-electron chi connectivity index (χ4n) is 4.60. The van der Waals surface area contributed by atoms with E-state index < -0.39 is 66.7 Å². The summed E-state index contributed by atoms with van der Waals surface area (Å²) in [6, 6.07) is 4.98. The molecule has 3 amide bonds. The van der Waals surface area contributed by atoms with Crippen LogP contribution in [0.5, 0.6) is 0 Å². The van der Waals surface area contributed by atoms with Gasteiger partial charge in [-0.1, -0.05) is 30.3 Å². The van der Waals surface area contributed by atoms with Crippen LogP contribution >= 0.6 is 11.8 Å². The predicted octanol–water partition coefficient (Wildman–Crippen LogP) is -0.229. The highest BCUT2D eigenvalue weighted by atomic mass is 32.2. The number of rotatable bonds is 13. The Hall–Kier alpha value is -3.69. The summed E-state index contributed by atoms with van der Waals surface area (Å²) in [4.78, 5) is 68.5. The number of amides is 3. The first kappa shape index (κ1) is 37.3. The minimum absolute atomic E-state index is 0.00968. The Morgan fingerprint density at radius 3 is 1.74 bits per heavy atom. The molecule has 1 aromatic carbocycles. The number of carbonyl (C=O) groups is 6. The topological polar surface area (TPSA) is 240 Å². The Bertz CT molecular complexity index is 1150. The molecule has 0 spiro atoms. The van der Waals surface area contributed by atoms with Gasteiger partial charge in [-0.2, -0.15) is 0 Å². The average molecular weight is 626 g/mol. The highest BCUT2D eigenvalue weighted by Gasteiger charge is 2.54. The molecule has 15 heteroatoms. The lowest BCUT2D eigenvalue weighted by Gasteiger charge is -2.57. The van der Waals surface area contributed by atoms with Gasteiger partial charge in [0.2, 0.25) is 17.7 Å². The van der Waals surface area contributed by atoms with E-state index in [-0.39, 0.29) is 27.9 Å². The number of esters is 1. The summed E-state index contributed by atoms with van der Waals surface area (Å²) in [6.07, 6.45) is -0.746. The van der Waals surface area contributed by atoms with Gasteiger partial charge in [0.1, 0.15) is 12.1 Å². The summed E-state index contributed by atoms with van der Waals surface area (Å²) >= 11 is 1.79. The van der Waals surface area contributed by atoms with Crippen molar-refractivity contribution in [1.29, 1.82) is 0 Å². The highest BCUT2D eigenvalue weighted by molar-refractivity contribution is 8.03. The van der Waals surface area contributed by atoms with Crippen molar-refractivity contribution >= 4 is 47.4 Å². The van der Waals surface area contributed by atoms with Crippen molar-refractivity contribution in [2.45, 2.75) is 93.6 Å². The van der Waals surface area contributed by atoms with Gasteiger partial charge < -0.3 is 42.4 Å². The number of thioether (sulfide) groups is 1. The molecular formula is C28H43N5O9S. The van der Waals surface area contributed by atoms with E-state index in [2.05, 4.69) is 48.4 Å². The van der Waals surface area contributed by atoms with E-state index in [4.69, 9.17) is 21.7 Å². The molecule has 0 aromatic heterocycles. The second-order valence-electron chi connectivity index (χ2n) is 11.2. The first-order chi connectivity index (χ1) is 19.8. The van der Waals surface area contributed by atoms with Crippen molar-refractivity contribution in [2.24, 2.45) is 11.5 Å². The molecule has 1 aromatic rings. The van der Waals surface area contributed by atoms with Crippen molar-refractivity contribution in [3.8, 4) is 0 Å². The molecule has 1 aliphatic rings. The molecule has 0 radical (unpaired) electrons. The summed E-state index contributed by atoms with van der Waals surface area (Å²) in [7, 11) is 1.21. The number of carbonyl (C=O) groups excluding carboxylic acids is 4. The molecule has 1 saturated heterocycles. The third-order valence-corrected chi connectivity index (χ3v) is 8.03. The van der Waals surface area contributed by atoms with E-state index in [1.54, 1.807) is 30.8 Å². The van der Waals surface area contributed by atoms with Gasteiger partial charge >= 0.3 is 17.9 Å². The van der Waals surface area contributed by atoms with Gasteiger partial charge in [-0.15, -0.1) is 11.8 Å². The maximum absolute atomic E-state index is 12.2. The van der Waals surface area contributed by atoms with Crippen molar-refractivity contribution in [1.82, 2.24) is 16.0 Å². The lowest BCUT2D eigenvalue weighted by molar-refractivity contribution is -0.145. The quantitative estimate of drug-likeness (QED) is 0.141. The second kappa shape index (κ2) is 16.2. The summed E-state index contributed by atoms with van der Waals surface area (Å²) in [5.74, 6) is -4.61. The van der Waals surface area contributed by atoms with E-state index in [9.17, 15) is 28.8 Å². The molecule has 0 bridgehead atoms. The Morgan fingerprint density at radius 2 is 1.33 bits per heavy atom. The molecule has 4 atom stereocenters. The Balaban J connectivity index is 0.000000430. The molecule has 1 aliphatic heterocycles. The Morgan fingerprint density at radius 1 is 0.860 bits per heavy atom. The van der Waals surface area contributed by atoms with Gasteiger partial charge in [0.05, 0.1) is 38.1 Å². The molecule has 1 heterocycles. The van der Waals surface area contributed by atoms with Crippen LogP contribution in [0.4, 0.5) is 0 Å². The number of hydrogen-bond donors (Lipinski definition) is 7. The number of ether oxygens (including phenoxy) is 1. The molecule has 9 N–H and O–H groups in total. The van der Waals surface area contributed by atoms with Crippen LogP contribution in [-0.4, -0.2) is 92.7 Å². The molecule has 1 fully saturated rings. The summed E-state index contributed by atoms with van der Waals surface area (Å²) in [6.45, 7) is 9.77. The van der Waals surface area contributed by atoms with E-state index in [1.165, 1.54) is 7.11 Å². The van der Waals surface area contributed by atoms with Crippen LogP contribution in [0.1, 0.15) is 53.0 Å². The third-order valence-electron chi connectivity index (χ3n) is 6.50. The van der Waals surface area contributed by atoms with Gasteiger partial charge in [0.15, 0.2) is 0 Å². The minimum Gasteiger partial charge on any atom is -0.481 e. The SMILES string of the molecule is COC(=O)[C@H](Cc1ccccc1)NC(=O)[C@@H](N)CC(=O)O.C[C@@H](NC(=O)[C@@H](N)CC(=O)O)C(=O)NC1C(C)(C)SC1(C)C. The van der Waals surface area contributed by atoms with Crippen molar-refractivity contribution in [2.75, 3.05) is 7.11 Å². The average Bonchev–Trinajstić information content (AvgIpc) is 2.90. The summed E-state index contributed by atoms with van der Waals surface area (Å²) in [5.41, 5.74) is 11.8. The number of hydrogen-bond acceptors (Lipinski definition) is 10. The zero-order valence-electron chi connectivity index (χ0n) is 25.2. The minimum atomic E-state index is -1.22. The van der Waals surface area contributed by atoms with Crippen LogP contribution in [-0.2, 0) is 39.9 Å². The van der Waals surface area contributed by atoms with E-state index >= 15 is 0 Å². The molecule has 14 nitrogen and oxygen atoms in total. The molecule has 2 rings (SSSR count). The number of carboxylic acids is 2. The fraction of sp³-hybridized carbons (Fsp3) is 0.571. The molecule has 43 heavy (non-hydrogen) atoms. The normalized spacial score (nSPS) is 17.7. The first-order valence-electron chi connectivity index (χ1n) is 13.5. The van der Waals surface area contributed by atoms with Gasteiger partial charge in [0, 0.05) is 15.9 Å². The van der Waals surface area contributed by atoms with Crippen LogP contribution in [0.15, 0.2) is 30.3 Å². The van der Waals surface area contributed by atoms with Gasteiger partial charge in [0.25, 0.3) is 0 Å². The van der Waals surface area contributed by atoms with Crippen LogP contribution in [0, 0.1) is 0 Å². The zero-order chi connectivity index (χ0) is 33.1. The van der Waals surface area contributed by atoms with Crippen molar-refractivity contribution < 1.29 is 43.7 Å². The van der Waals surface area contributed by atoms with E-state index in [1.807, 2.05) is 18.2 Å². The number of methoxy groups -OCH3 is 1. The number of nitrogens with two attached hydrogens (primary N) is 2. The molecular weight excluding hydrogens is 582 g/mol. The number of nitrogens with one attached hydrogen (secondary N) is 3. The predicted molar refractivity (Wildman–Crippen MR) is 160 cm³/mol. The monoisotopic (exact) mass is 625 g/mol. The molecule has 0 unspecified atom stereocenters. The standard InChI is InChI=1S/C14H25N3O4S.C14H18N2O5/c1-7(16-11(21)8(15)6-9(18)19)10(20)17-12-13(2,3)22-14(12,4)5;1-21-14(20)11(7-9-5-3-2-4-6-9)16-13(19)10(15)8-12(17)18/h7-8,12H,6,15H2,1-5H3,(H,16,21)(H,17,20)(H,18,19);2-6,10-11H,7-8,15H2,1H3,(H,16,19)(H,17,18)/t7-,8+;10-,11-/m10/s1. The Kier molecular flexibility index (Phi) is 14.1. The van der Waals surface area contributed by atoms with E-state index in [0.29, 0.717) is 0 Å². The highest BCUT2D eigenvalue weighted by Crippen LogP contribution is 2.54. The van der Waals surface area contributed by atoms with E-state index in [0.717, 1.165) is 5.56 Å². The maximum Gasteiger partial charge on any atom is 0.328 e. The smallest absolute Gasteiger partial charge is 0.328 e. The van der Waals surface area contributed by atoms with Crippen LogP contribution in [0.2, 0.25) is 0 Å².